The van der Waals surface area contributed by atoms with E-state index in [1.165, 1.54) is 19.2 Å². The molecule has 0 aromatic carbocycles. The zero-order valence-electron chi connectivity index (χ0n) is 12.4. The lowest BCUT2D eigenvalue weighted by atomic mass is 10.2. The number of anilines is 1. The summed E-state index contributed by atoms with van der Waals surface area (Å²) in [4.78, 5) is 12.8. The van der Waals surface area contributed by atoms with Crippen LogP contribution in [0.4, 0.5) is 5.82 Å². The summed E-state index contributed by atoms with van der Waals surface area (Å²) in [5.41, 5.74) is 1.06. The molecule has 2 aliphatic rings. The summed E-state index contributed by atoms with van der Waals surface area (Å²) in [6, 6.07) is 0.365. The normalized spacial score (nSPS) is 28.7. The molecule has 3 atom stereocenters. The van der Waals surface area contributed by atoms with Crippen molar-refractivity contribution < 1.29 is 14.9 Å². The molecule has 8 nitrogen and oxygen atoms in total. The van der Waals surface area contributed by atoms with Crippen LogP contribution in [0, 0.1) is 0 Å². The third-order valence-corrected chi connectivity index (χ3v) is 4.66. The fourth-order valence-corrected chi connectivity index (χ4v) is 3.43. The Hall–Kier alpha value is -1.48. The van der Waals surface area contributed by atoms with E-state index in [0.717, 1.165) is 12.8 Å². The highest BCUT2D eigenvalue weighted by molar-refractivity contribution is 6.28. The predicted molar refractivity (Wildman–Crippen MR) is 83.2 cm³/mol. The van der Waals surface area contributed by atoms with Crippen LogP contribution in [-0.2, 0) is 4.74 Å². The quantitative estimate of drug-likeness (QED) is 0.719. The first-order valence-electron chi connectivity index (χ1n) is 7.78. The van der Waals surface area contributed by atoms with E-state index in [-0.39, 0.29) is 11.9 Å². The molecule has 0 amide bonds. The first kappa shape index (κ1) is 15.1. The molecule has 2 fully saturated rings. The Balaban J connectivity index is 1.72. The molecule has 1 aliphatic carbocycles. The number of aliphatic hydroxyl groups excluding tert-OH is 2. The summed E-state index contributed by atoms with van der Waals surface area (Å²) in [6.45, 7) is 0.0670. The van der Waals surface area contributed by atoms with Crippen molar-refractivity contribution >= 4 is 28.6 Å². The van der Waals surface area contributed by atoms with E-state index < -0.39 is 18.4 Å². The molecule has 23 heavy (non-hydrogen) atoms. The van der Waals surface area contributed by atoms with Gasteiger partial charge in [-0.05, 0) is 24.4 Å². The second kappa shape index (κ2) is 5.86. The summed E-state index contributed by atoms with van der Waals surface area (Å²) in [5, 5.41) is 23.2. The van der Waals surface area contributed by atoms with Gasteiger partial charge >= 0.3 is 0 Å². The van der Waals surface area contributed by atoms with Crippen molar-refractivity contribution in [3.05, 3.63) is 11.6 Å². The van der Waals surface area contributed by atoms with Crippen LogP contribution in [0.25, 0.3) is 11.2 Å². The van der Waals surface area contributed by atoms with E-state index >= 15 is 0 Å². The van der Waals surface area contributed by atoms with Crippen LogP contribution in [-0.4, -0.2) is 54.6 Å². The van der Waals surface area contributed by atoms with Crippen LogP contribution in [0.3, 0.4) is 0 Å². The molecule has 1 aliphatic heterocycles. The minimum absolute atomic E-state index is 0.0670. The summed E-state index contributed by atoms with van der Waals surface area (Å²) in [7, 11) is 0. The van der Waals surface area contributed by atoms with Gasteiger partial charge in [-0.3, -0.25) is 4.57 Å². The fraction of sp³-hybridized carbons (Fsp3) is 0.643. The van der Waals surface area contributed by atoms with E-state index in [9.17, 15) is 10.2 Å². The smallest absolute Gasteiger partial charge is 0.226 e. The SMILES string of the molecule is OC1COC(n2cnc3c(NC4CCCC4)nc(Cl)nc32)C1O. The third kappa shape index (κ3) is 2.65. The molecule has 3 N–H and O–H groups in total. The molecular formula is C14H18ClN5O3. The average molecular weight is 340 g/mol. The van der Waals surface area contributed by atoms with Crippen LogP contribution in [0.15, 0.2) is 6.33 Å². The van der Waals surface area contributed by atoms with Gasteiger partial charge in [0, 0.05) is 6.04 Å². The van der Waals surface area contributed by atoms with Gasteiger partial charge in [-0.1, -0.05) is 12.8 Å². The van der Waals surface area contributed by atoms with Gasteiger partial charge < -0.3 is 20.3 Å². The highest BCUT2D eigenvalue weighted by Crippen LogP contribution is 2.31. The van der Waals surface area contributed by atoms with Crippen molar-refractivity contribution in [1.29, 1.82) is 0 Å². The van der Waals surface area contributed by atoms with Gasteiger partial charge in [-0.2, -0.15) is 9.97 Å². The number of nitrogens with one attached hydrogen (secondary N) is 1. The van der Waals surface area contributed by atoms with Crippen LogP contribution in [0.5, 0.6) is 0 Å². The molecular weight excluding hydrogens is 322 g/mol. The molecule has 0 radical (unpaired) electrons. The third-order valence-electron chi connectivity index (χ3n) is 4.49. The molecule has 4 rings (SSSR count). The number of hydrogen-bond donors (Lipinski definition) is 3. The lowest BCUT2D eigenvalue weighted by Crippen LogP contribution is -2.28. The Kier molecular flexibility index (Phi) is 3.84. The lowest BCUT2D eigenvalue weighted by Gasteiger charge is -2.17. The maximum Gasteiger partial charge on any atom is 0.226 e. The Bertz CT molecular complexity index is 718. The molecule has 3 unspecified atom stereocenters. The zero-order valence-corrected chi connectivity index (χ0v) is 13.1. The van der Waals surface area contributed by atoms with Crippen molar-refractivity contribution in [1.82, 2.24) is 19.5 Å². The number of hydrogen-bond acceptors (Lipinski definition) is 7. The number of imidazole rings is 1. The highest BCUT2D eigenvalue weighted by Gasteiger charge is 2.37. The molecule has 0 spiro atoms. The highest BCUT2D eigenvalue weighted by atomic mass is 35.5. The van der Waals surface area contributed by atoms with Gasteiger partial charge in [-0.15, -0.1) is 0 Å². The van der Waals surface area contributed by atoms with Crippen LogP contribution in [0.2, 0.25) is 5.28 Å². The molecule has 2 aromatic rings. The average Bonchev–Trinajstić information content (AvgIpc) is 3.22. The van der Waals surface area contributed by atoms with E-state index in [0.29, 0.717) is 23.0 Å². The minimum atomic E-state index is -1.03. The Morgan fingerprint density at radius 3 is 2.74 bits per heavy atom. The van der Waals surface area contributed by atoms with Crippen molar-refractivity contribution in [2.24, 2.45) is 0 Å². The van der Waals surface area contributed by atoms with E-state index in [2.05, 4.69) is 20.3 Å². The standard InChI is InChI=1S/C14H18ClN5O3/c15-14-18-11(17-7-3-1-2-4-7)9-12(19-14)20(6-16-9)13-10(22)8(21)5-23-13/h6-8,10,13,21-22H,1-5H2,(H,17,18,19). The maximum absolute atomic E-state index is 10.0. The molecule has 0 bridgehead atoms. The Labute approximate surface area is 137 Å². The second-order valence-corrected chi connectivity index (χ2v) is 6.41. The Morgan fingerprint density at radius 1 is 1.26 bits per heavy atom. The number of aliphatic hydroxyl groups is 2. The maximum atomic E-state index is 10.0. The van der Waals surface area contributed by atoms with E-state index in [1.54, 1.807) is 4.57 Å². The van der Waals surface area contributed by atoms with E-state index in [4.69, 9.17) is 16.3 Å². The van der Waals surface area contributed by atoms with Crippen LogP contribution >= 0.6 is 11.6 Å². The van der Waals surface area contributed by atoms with Crippen molar-refractivity contribution in [3.8, 4) is 0 Å². The van der Waals surface area contributed by atoms with Crippen molar-refractivity contribution in [2.75, 3.05) is 11.9 Å². The monoisotopic (exact) mass is 339 g/mol. The van der Waals surface area contributed by atoms with Gasteiger partial charge in [0.2, 0.25) is 5.28 Å². The minimum Gasteiger partial charge on any atom is -0.388 e. The number of ether oxygens (including phenoxy) is 1. The Morgan fingerprint density at radius 2 is 2.04 bits per heavy atom. The van der Waals surface area contributed by atoms with Gasteiger partial charge in [-0.25, -0.2) is 4.98 Å². The van der Waals surface area contributed by atoms with Gasteiger partial charge in [0.25, 0.3) is 0 Å². The topological polar surface area (TPSA) is 105 Å². The summed E-state index contributed by atoms with van der Waals surface area (Å²) in [5.74, 6) is 0.596. The van der Waals surface area contributed by atoms with Crippen LogP contribution in [0.1, 0.15) is 31.9 Å². The van der Waals surface area contributed by atoms with Gasteiger partial charge in [0.05, 0.1) is 12.9 Å². The van der Waals surface area contributed by atoms with Gasteiger partial charge in [0.15, 0.2) is 23.2 Å². The summed E-state index contributed by atoms with van der Waals surface area (Å²) >= 11 is 6.05. The predicted octanol–water partition coefficient (Wildman–Crippen LogP) is 1.08. The fourth-order valence-electron chi connectivity index (χ4n) is 3.27. The summed E-state index contributed by atoms with van der Waals surface area (Å²) in [6.07, 6.45) is 3.43. The molecule has 9 heteroatoms. The molecule has 1 saturated carbocycles. The van der Waals surface area contributed by atoms with Crippen molar-refractivity contribution in [3.63, 3.8) is 0 Å². The number of rotatable bonds is 3. The largest absolute Gasteiger partial charge is 0.388 e. The van der Waals surface area contributed by atoms with Gasteiger partial charge in [0.1, 0.15) is 12.2 Å². The van der Waals surface area contributed by atoms with Crippen molar-refractivity contribution in [2.45, 2.75) is 50.2 Å². The van der Waals surface area contributed by atoms with E-state index in [1.807, 2.05) is 0 Å². The number of fused-ring (bicyclic) bond motifs is 1. The zero-order chi connectivity index (χ0) is 16.0. The first-order chi connectivity index (χ1) is 11.1. The number of halogens is 1. The molecule has 2 aromatic heterocycles. The lowest BCUT2D eigenvalue weighted by molar-refractivity contribution is -0.0162. The summed E-state index contributed by atoms with van der Waals surface area (Å²) < 4.78 is 7.03. The molecule has 3 heterocycles. The number of nitrogens with zero attached hydrogens (tertiary/aromatic N) is 4. The second-order valence-electron chi connectivity index (χ2n) is 6.07. The first-order valence-corrected chi connectivity index (χ1v) is 8.15. The molecule has 124 valence electrons. The molecule has 1 saturated heterocycles. The van der Waals surface area contributed by atoms with Crippen LogP contribution < -0.4 is 5.32 Å². The number of aromatic nitrogens is 4.